The van der Waals surface area contributed by atoms with Crippen molar-refractivity contribution in [1.29, 1.82) is 0 Å². The second-order valence-electron chi connectivity index (χ2n) is 9.24. The van der Waals surface area contributed by atoms with E-state index in [0.29, 0.717) is 17.5 Å². The number of nitrogens with zero attached hydrogens (tertiary/aromatic N) is 3. The fourth-order valence-electron chi connectivity index (χ4n) is 4.65. The van der Waals surface area contributed by atoms with Crippen LogP contribution in [0.2, 0.25) is 0 Å². The predicted molar refractivity (Wildman–Crippen MR) is 144 cm³/mol. The molecule has 1 unspecified atom stereocenters. The highest BCUT2D eigenvalue weighted by atomic mass is 16.5. The van der Waals surface area contributed by atoms with Gasteiger partial charge in [0.2, 0.25) is 5.82 Å². The molecular formula is C30H30N4O3. The third-order valence-electron chi connectivity index (χ3n) is 6.91. The zero-order valence-corrected chi connectivity index (χ0v) is 21.7. The number of anilines is 1. The van der Waals surface area contributed by atoms with E-state index in [1.165, 1.54) is 5.56 Å². The molecule has 5 rings (SSSR count). The van der Waals surface area contributed by atoms with E-state index in [2.05, 4.69) is 49.4 Å². The van der Waals surface area contributed by atoms with E-state index in [1.807, 2.05) is 55.5 Å². The average Bonchev–Trinajstić information content (AvgIpc) is 3.40. The minimum absolute atomic E-state index is 0.203. The summed E-state index contributed by atoms with van der Waals surface area (Å²) in [6.45, 7) is 8.16. The normalized spacial score (nSPS) is 15.6. The van der Waals surface area contributed by atoms with Gasteiger partial charge in [0.1, 0.15) is 5.75 Å². The van der Waals surface area contributed by atoms with Crippen LogP contribution in [-0.4, -0.2) is 23.3 Å². The summed E-state index contributed by atoms with van der Waals surface area (Å²) in [7, 11) is 1.62. The molecule has 1 aliphatic heterocycles. The molecule has 1 atom stereocenters. The molecule has 4 aromatic rings. The number of allylic oxidation sites excluding steroid dienone is 1. The molecule has 2 heterocycles. The van der Waals surface area contributed by atoms with E-state index >= 15 is 0 Å². The molecule has 0 spiro atoms. The van der Waals surface area contributed by atoms with Crippen molar-refractivity contribution >= 4 is 17.3 Å². The number of methoxy groups -OCH3 is 1. The summed E-state index contributed by atoms with van der Waals surface area (Å²) < 4.78 is 11.2. The van der Waals surface area contributed by atoms with Gasteiger partial charge < -0.3 is 14.6 Å². The van der Waals surface area contributed by atoms with E-state index < -0.39 is 6.04 Å². The van der Waals surface area contributed by atoms with Crippen LogP contribution in [0.1, 0.15) is 48.0 Å². The number of urea groups is 1. The number of aryl methyl sites for hydroxylation is 3. The van der Waals surface area contributed by atoms with Crippen LogP contribution < -0.4 is 15.0 Å². The Morgan fingerprint density at radius 2 is 1.81 bits per heavy atom. The van der Waals surface area contributed by atoms with E-state index in [4.69, 9.17) is 14.2 Å². The van der Waals surface area contributed by atoms with Crippen LogP contribution in [0.4, 0.5) is 10.5 Å². The highest BCUT2D eigenvalue weighted by Crippen LogP contribution is 2.39. The summed E-state index contributed by atoms with van der Waals surface area (Å²) in [4.78, 5) is 20.0. The van der Waals surface area contributed by atoms with Gasteiger partial charge in [0.05, 0.1) is 24.4 Å². The van der Waals surface area contributed by atoms with Crippen LogP contribution in [0.5, 0.6) is 5.75 Å². The summed E-state index contributed by atoms with van der Waals surface area (Å²) in [5.74, 6) is 1.51. The van der Waals surface area contributed by atoms with Gasteiger partial charge in [-0.25, -0.2) is 4.79 Å². The third kappa shape index (κ3) is 4.60. The van der Waals surface area contributed by atoms with Gasteiger partial charge in [-0.2, -0.15) is 4.98 Å². The maximum atomic E-state index is 13.5. The van der Waals surface area contributed by atoms with Gasteiger partial charge in [-0.1, -0.05) is 54.5 Å². The first-order valence-electron chi connectivity index (χ1n) is 12.4. The SMILES string of the molecule is CCc1cccc(N2C(=O)NC(c3ccc(C)c(C)c3)C(c3nc(-c4cccc(OC)c4)no3)=C2C)c1. The molecule has 0 saturated heterocycles. The lowest BCUT2D eigenvalue weighted by Gasteiger charge is -2.35. The van der Waals surface area contributed by atoms with Gasteiger partial charge in [-0.15, -0.1) is 0 Å². The van der Waals surface area contributed by atoms with Crippen molar-refractivity contribution in [3.8, 4) is 17.1 Å². The topological polar surface area (TPSA) is 80.5 Å². The summed E-state index contributed by atoms with van der Waals surface area (Å²) >= 11 is 0. The van der Waals surface area contributed by atoms with Crippen molar-refractivity contribution < 1.29 is 14.1 Å². The third-order valence-corrected chi connectivity index (χ3v) is 6.91. The van der Waals surface area contributed by atoms with Gasteiger partial charge in [-0.3, -0.25) is 4.90 Å². The van der Waals surface area contributed by atoms with Crippen LogP contribution in [0, 0.1) is 13.8 Å². The number of carbonyl (C=O) groups excluding carboxylic acids is 1. The minimum Gasteiger partial charge on any atom is -0.497 e. The van der Waals surface area contributed by atoms with Crippen LogP contribution in [0.25, 0.3) is 17.0 Å². The van der Waals surface area contributed by atoms with Gasteiger partial charge in [-0.05, 0) is 73.7 Å². The van der Waals surface area contributed by atoms with E-state index in [9.17, 15) is 4.79 Å². The van der Waals surface area contributed by atoms with E-state index in [1.54, 1.807) is 12.0 Å². The number of carbonyl (C=O) groups is 1. The predicted octanol–water partition coefficient (Wildman–Crippen LogP) is 6.63. The molecule has 1 aliphatic rings. The number of ether oxygens (including phenoxy) is 1. The molecule has 1 aromatic heterocycles. The van der Waals surface area contributed by atoms with Gasteiger partial charge >= 0.3 is 6.03 Å². The summed E-state index contributed by atoms with van der Waals surface area (Å²) in [6, 6.07) is 21.1. The highest BCUT2D eigenvalue weighted by molar-refractivity contribution is 6.01. The molecule has 2 amide bonds. The number of amides is 2. The lowest BCUT2D eigenvalue weighted by Crippen LogP contribution is -2.46. The summed E-state index contributed by atoms with van der Waals surface area (Å²) in [6.07, 6.45) is 0.873. The van der Waals surface area contributed by atoms with Crippen LogP contribution in [0.3, 0.4) is 0 Å². The molecule has 188 valence electrons. The number of benzene rings is 3. The maximum Gasteiger partial charge on any atom is 0.326 e. The van der Waals surface area contributed by atoms with Gasteiger partial charge in [0, 0.05) is 11.3 Å². The number of rotatable bonds is 6. The number of nitrogens with one attached hydrogen (secondary N) is 1. The second-order valence-corrected chi connectivity index (χ2v) is 9.24. The first-order valence-corrected chi connectivity index (χ1v) is 12.4. The lowest BCUT2D eigenvalue weighted by atomic mass is 9.92. The standard InChI is InChI=1S/C30H30N4O3/c1-6-21-9-7-11-24(16-21)34-20(4)26(27(31-30(34)35)22-14-13-18(2)19(3)15-22)29-32-28(33-37-29)23-10-8-12-25(17-23)36-5/h7-17,27H,6H2,1-5H3,(H,31,35). The molecule has 0 radical (unpaired) electrons. The van der Waals surface area contributed by atoms with E-state index in [-0.39, 0.29) is 6.03 Å². The monoisotopic (exact) mass is 494 g/mol. The highest BCUT2D eigenvalue weighted by Gasteiger charge is 2.36. The molecule has 0 bridgehead atoms. The Bertz CT molecular complexity index is 1500. The fraction of sp³-hybridized carbons (Fsp3) is 0.233. The maximum absolute atomic E-state index is 13.5. The first kappa shape index (κ1) is 24.3. The fourth-order valence-corrected chi connectivity index (χ4v) is 4.65. The van der Waals surface area contributed by atoms with Crippen molar-refractivity contribution in [2.24, 2.45) is 0 Å². The number of hydrogen-bond donors (Lipinski definition) is 1. The molecule has 7 nitrogen and oxygen atoms in total. The number of hydrogen-bond acceptors (Lipinski definition) is 5. The molecule has 0 aliphatic carbocycles. The van der Waals surface area contributed by atoms with Crippen LogP contribution in [0.15, 0.2) is 77.0 Å². The molecule has 1 N–H and O–H groups in total. The average molecular weight is 495 g/mol. The van der Waals surface area contributed by atoms with E-state index in [0.717, 1.165) is 45.6 Å². The van der Waals surface area contributed by atoms with Crippen molar-refractivity contribution in [2.75, 3.05) is 12.0 Å². The molecule has 0 saturated carbocycles. The smallest absolute Gasteiger partial charge is 0.326 e. The lowest BCUT2D eigenvalue weighted by molar-refractivity contribution is 0.244. The van der Waals surface area contributed by atoms with Crippen molar-refractivity contribution in [3.63, 3.8) is 0 Å². The van der Waals surface area contributed by atoms with Gasteiger partial charge in [0.25, 0.3) is 5.89 Å². The molecule has 37 heavy (non-hydrogen) atoms. The number of aromatic nitrogens is 2. The van der Waals surface area contributed by atoms with Crippen molar-refractivity contribution in [1.82, 2.24) is 15.5 Å². The Morgan fingerprint density at radius 1 is 1.00 bits per heavy atom. The van der Waals surface area contributed by atoms with Crippen molar-refractivity contribution in [2.45, 2.75) is 40.2 Å². The zero-order valence-electron chi connectivity index (χ0n) is 21.7. The van der Waals surface area contributed by atoms with Crippen LogP contribution in [-0.2, 0) is 6.42 Å². The minimum atomic E-state index is -0.448. The Labute approximate surface area is 216 Å². The molecular weight excluding hydrogens is 464 g/mol. The zero-order chi connectivity index (χ0) is 26.1. The molecule has 3 aromatic carbocycles. The Balaban J connectivity index is 1.66. The van der Waals surface area contributed by atoms with Gasteiger partial charge in [0.15, 0.2) is 0 Å². The second kappa shape index (κ2) is 9.93. The largest absolute Gasteiger partial charge is 0.497 e. The quantitative estimate of drug-likeness (QED) is 0.326. The summed E-state index contributed by atoms with van der Waals surface area (Å²) in [5, 5.41) is 7.46. The van der Waals surface area contributed by atoms with Crippen LogP contribution >= 0.6 is 0 Å². The molecule has 0 fully saturated rings. The molecule has 7 heteroatoms. The summed E-state index contributed by atoms with van der Waals surface area (Å²) in [5.41, 5.74) is 7.49. The Morgan fingerprint density at radius 3 is 2.57 bits per heavy atom. The Hall–Kier alpha value is -4.39. The first-order chi connectivity index (χ1) is 17.9. The Kier molecular flexibility index (Phi) is 6.53. The van der Waals surface area contributed by atoms with Crippen molar-refractivity contribution in [3.05, 3.63) is 101 Å².